The second-order valence-corrected chi connectivity index (χ2v) is 4.04. The predicted molar refractivity (Wildman–Crippen MR) is 68.2 cm³/mol. The topological polar surface area (TPSA) is 16.1 Å². The molecule has 94 valence electrons. The molecule has 0 saturated carbocycles. The van der Waals surface area contributed by atoms with E-state index in [1.165, 1.54) is 24.4 Å². The molecule has 0 amide bonds. The van der Waals surface area contributed by atoms with Crippen molar-refractivity contribution in [2.45, 2.75) is 5.88 Å². The lowest BCUT2D eigenvalue weighted by Crippen LogP contribution is -2.13. The van der Waals surface area contributed by atoms with Crippen LogP contribution in [0, 0.1) is 11.6 Å². The molecule has 0 N–H and O–H groups in total. The lowest BCUT2D eigenvalue weighted by atomic mass is 10.2. The SMILES string of the molecule is CN(c1ccc(F)cc1)c1nccc(CCl)c1F. The molecule has 0 aliphatic carbocycles. The molecule has 2 aromatic rings. The summed E-state index contributed by atoms with van der Waals surface area (Å²) in [5, 5.41) is 0. The molecule has 2 nitrogen and oxygen atoms in total. The number of benzene rings is 1. The maximum atomic E-state index is 14.0. The molecule has 1 heterocycles. The minimum absolute atomic E-state index is 0.0820. The second-order valence-electron chi connectivity index (χ2n) is 3.78. The van der Waals surface area contributed by atoms with Crippen LogP contribution >= 0.6 is 11.6 Å². The summed E-state index contributed by atoms with van der Waals surface area (Å²) in [5.41, 5.74) is 1.03. The van der Waals surface area contributed by atoms with Crippen molar-refractivity contribution in [3.63, 3.8) is 0 Å². The molecule has 5 heteroatoms. The maximum Gasteiger partial charge on any atom is 0.170 e. The minimum atomic E-state index is -0.459. The summed E-state index contributed by atoms with van der Waals surface area (Å²) in [6.07, 6.45) is 1.50. The van der Waals surface area contributed by atoms with Gasteiger partial charge >= 0.3 is 0 Å². The molecule has 1 aromatic heterocycles. The van der Waals surface area contributed by atoms with Crippen LogP contribution < -0.4 is 4.90 Å². The zero-order valence-corrected chi connectivity index (χ0v) is 10.5. The van der Waals surface area contributed by atoms with Gasteiger partial charge in [0.15, 0.2) is 11.6 Å². The van der Waals surface area contributed by atoms with Gasteiger partial charge in [0.1, 0.15) is 5.82 Å². The number of nitrogens with zero attached hydrogens (tertiary/aromatic N) is 2. The van der Waals surface area contributed by atoms with Crippen LogP contribution in [-0.2, 0) is 5.88 Å². The van der Waals surface area contributed by atoms with Crippen molar-refractivity contribution < 1.29 is 8.78 Å². The van der Waals surface area contributed by atoms with Gasteiger partial charge in [0.2, 0.25) is 0 Å². The van der Waals surface area contributed by atoms with Crippen LogP contribution in [0.15, 0.2) is 36.5 Å². The van der Waals surface area contributed by atoms with Crippen molar-refractivity contribution in [3.05, 3.63) is 53.7 Å². The van der Waals surface area contributed by atoms with Gasteiger partial charge in [0, 0.05) is 24.5 Å². The zero-order chi connectivity index (χ0) is 13.1. The lowest BCUT2D eigenvalue weighted by molar-refractivity contribution is 0.610. The number of aromatic nitrogens is 1. The molecule has 0 atom stereocenters. The molecular formula is C13H11ClF2N2. The van der Waals surface area contributed by atoms with E-state index in [1.54, 1.807) is 24.1 Å². The number of halogens is 3. The van der Waals surface area contributed by atoms with Crippen molar-refractivity contribution in [1.82, 2.24) is 4.98 Å². The molecule has 0 bridgehead atoms. The van der Waals surface area contributed by atoms with Crippen LogP contribution in [0.2, 0.25) is 0 Å². The van der Waals surface area contributed by atoms with E-state index in [-0.39, 0.29) is 17.5 Å². The Hall–Kier alpha value is -1.68. The van der Waals surface area contributed by atoms with E-state index in [2.05, 4.69) is 4.98 Å². The first-order valence-electron chi connectivity index (χ1n) is 5.32. The Kier molecular flexibility index (Phi) is 3.77. The molecule has 0 radical (unpaired) electrons. The fourth-order valence-corrected chi connectivity index (χ4v) is 1.80. The third kappa shape index (κ3) is 2.43. The lowest BCUT2D eigenvalue weighted by Gasteiger charge is -2.19. The van der Waals surface area contributed by atoms with Crippen molar-refractivity contribution in [2.24, 2.45) is 0 Å². The summed E-state index contributed by atoms with van der Waals surface area (Å²) in [5.74, 6) is -0.548. The summed E-state index contributed by atoms with van der Waals surface area (Å²) in [6.45, 7) is 0. The van der Waals surface area contributed by atoms with Gasteiger partial charge in [-0.25, -0.2) is 13.8 Å². The number of hydrogen-bond donors (Lipinski definition) is 0. The van der Waals surface area contributed by atoms with Crippen molar-refractivity contribution in [2.75, 3.05) is 11.9 Å². The Morgan fingerprint density at radius 3 is 2.44 bits per heavy atom. The first-order chi connectivity index (χ1) is 8.63. The van der Waals surface area contributed by atoms with Gasteiger partial charge in [-0.05, 0) is 30.3 Å². The van der Waals surface area contributed by atoms with Crippen LogP contribution in [0.4, 0.5) is 20.3 Å². The van der Waals surface area contributed by atoms with E-state index in [1.807, 2.05) is 0 Å². The molecule has 18 heavy (non-hydrogen) atoms. The summed E-state index contributed by atoms with van der Waals surface area (Å²) in [4.78, 5) is 5.53. The van der Waals surface area contributed by atoms with E-state index in [4.69, 9.17) is 11.6 Å². The zero-order valence-electron chi connectivity index (χ0n) is 9.70. The molecule has 2 rings (SSSR count). The van der Waals surface area contributed by atoms with E-state index in [9.17, 15) is 8.78 Å². The van der Waals surface area contributed by atoms with E-state index < -0.39 is 5.82 Å². The highest BCUT2D eigenvalue weighted by atomic mass is 35.5. The van der Waals surface area contributed by atoms with Crippen molar-refractivity contribution >= 4 is 23.1 Å². The van der Waals surface area contributed by atoms with E-state index in [0.717, 1.165) is 0 Å². The molecule has 0 saturated heterocycles. The molecular weight excluding hydrogens is 258 g/mol. The number of anilines is 2. The molecule has 0 fully saturated rings. The fourth-order valence-electron chi connectivity index (χ4n) is 1.60. The van der Waals surface area contributed by atoms with Gasteiger partial charge < -0.3 is 4.90 Å². The normalized spacial score (nSPS) is 10.4. The number of alkyl halides is 1. The summed E-state index contributed by atoms with van der Waals surface area (Å²) < 4.78 is 26.9. The molecule has 0 aliphatic heterocycles. The summed E-state index contributed by atoms with van der Waals surface area (Å²) >= 11 is 5.64. The summed E-state index contributed by atoms with van der Waals surface area (Å²) in [7, 11) is 1.66. The first-order valence-corrected chi connectivity index (χ1v) is 5.85. The van der Waals surface area contributed by atoms with Gasteiger partial charge in [-0.3, -0.25) is 0 Å². The Morgan fingerprint density at radius 1 is 1.17 bits per heavy atom. The minimum Gasteiger partial charge on any atom is -0.327 e. The van der Waals surface area contributed by atoms with Crippen LogP contribution in [-0.4, -0.2) is 12.0 Å². The smallest absolute Gasteiger partial charge is 0.170 e. The van der Waals surface area contributed by atoms with Gasteiger partial charge in [-0.1, -0.05) is 0 Å². The largest absolute Gasteiger partial charge is 0.327 e. The summed E-state index contributed by atoms with van der Waals surface area (Å²) in [6, 6.07) is 7.28. The average molecular weight is 269 g/mol. The van der Waals surface area contributed by atoms with E-state index in [0.29, 0.717) is 11.3 Å². The van der Waals surface area contributed by atoms with Crippen LogP contribution in [0.1, 0.15) is 5.56 Å². The second kappa shape index (κ2) is 5.31. The predicted octanol–water partition coefficient (Wildman–Crippen LogP) is 3.87. The van der Waals surface area contributed by atoms with Crippen molar-refractivity contribution in [1.29, 1.82) is 0 Å². The van der Waals surface area contributed by atoms with Gasteiger partial charge in [-0.2, -0.15) is 0 Å². The number of rotatable bonds is 3. The van der Waals surface area contributed by atoms with Crippen LogP contribution in [0.25, 0.3) is 0 Å². The van der Waals surface area contributed by atoms with Crippen LogP contribution in [0.5, 0.6) is 0 Å². The van der Waals surface area contributed by atoms with E-state index >= 15 is 0 Å². The standard InChI is InChI=1S/C13H11ClF2N2/c1-18(11-4-2-10(15)3-5-11)13-12(16)9(8-14)6-7-17-13/h2-7H,8H2,1H3. The molecule has 0 aliphatic rings. The Balaban J connectivity index is 2.39. The highest BCUT2D eigenvalue weighted by molar-refractivity contribution is 6.17. The highest BCUT2D eigenvalue weighted by Crippen LogP contribution is 2.26. The Bertz CT molecular complexity index is 543. The third-order valence-electron chi connectivity index (χ3n) is 2.63. The monoisotopic (exact) mass is 268 g/mol. The first kappa shape index (κ1) is 12.8. The number of pyridine rings is 1. The average Bonchev–Trinajstić information content (AvgIpc) is 2.39. The van der Waals surface area contributed by atoms with Gasteiger partial charge in [0.25, 0.3) is 0 Å². The van der Waals surface area contributed by atoms with Crippen molar-refractivity contribution in [3.8, 4) is 0 Å². The fraction of sp³-hybridized carbons (Fsp3) is 0.154. The quantitative estimate of drug-likeness (QED) is 0.786. The Morgan fingerprint density at radius 2 is 1.83 bits per heavy atom. The molecule has 0 unspecified atom stereocenters. The highest BCUT2D eigenvalue weighted by Gasteiger charge is 2.14. The van der Waals surface area contributed by atoms with Crippen LogP contribution in [0.3, 0.4) is 0 Å². The van der Waals surface area contributed by atoms with Gasteiger partial charge in [0.05, 0.1) is 5.88 Å². The molecule has 1 aromatic carbocycles. The maximum absolute atomic E-state index is 14.0. The third-order valence-corrected chi connectivity index (χ3v) is 2.91. The number of hydrogen-bond acceptors (Lipinski definition) is 2. The Labute approximate surface area is 109 Å². The molecule has 0 spiro atoms. The van der Waals surface area contributed by atoms with Gasteiger partial charge in [-0.15, -0.1) is 11.6 Å².